The molecule has 3 unspecified atom stereocenters. The van der Waals surface area contributed by atoms with Gasteiger partial charge in [0.1, 0.15) is 0 Å². The highest BCUT2D eigenvalue weighted by molar-refractivity contribution is 5.03. The first kappa shape index (κ1) is 9.13. The number of piperidine rings is 1. The topological polar surface area (TPSA) is 30.5 Å². The van der Waals surface area contributed by atoms with E-state index in [4.69, 9.17) is 9.47 Å². The van der Waals surface area contributed by atoms with Gasteiger partial charge in [0.2, 0.25) is 0 Å². The maximum absolute atomic E-state index is 5.79. The van der Waals surface area contributed by atoms with E-state index < -0.39 is 0 Å². The number of hydrogen-bond donors (Lipinski definition) is 1. The molecule has 2 saturated heterocycles. The van der Waals surface area contributed by atoms with Crippen molar-refractivity contribution in [3.05, 3.63) is 0 Å². The molecule has 2 heterocycles. The van der Waals surface area contributed by atoms with Crippen molar-refractivity contribution in [2.75, 3.05) is 26.3 Å². The van der Waals surface area contributed by atoms with E-state index >= 15 is 0 Å². The summed E-state index contributed by atoms with van der Waals surface area (Å²) < 4.78 is 11.3. The molecule has 14 heavy (non-hydrogen) atoms. The third-order valence-corrected chi connectivity index (χ3v) is 3.88. The molecular formula is C11H19NO2. The average Bonchev–Trinajstić information content (AvgIpc) is 2.69. The SMILES string of the molecule is C1CCC(OCC2C3CNCC32)OC1. The van der Waals surface area contributed by atoms with Gasteiger partial charge in [-0.1, -0.05) is 0 Å². The lowest BCUT2D eigenvalue weighted by Gasteiger charge is -2.23. The fourth-order valence-corrected chi connectivity index (χ4v) is 2.85. The van der Waals surface area contributed by atoms with Crippen LogP contribution in [-0.2, 0) is 9.47 Å². The number of hydrogen-bond acceptors (Lipinski definition) is 3. The van der Waals surface area contributed by atoms with Gasteiger partial charge in [0.25, 0.3) is 0 Å². The number of nitrogens with one attached hydrogen (secondary N) is 1. The molecule has 0 spiro atoms. The van der Waals surface area contributed by atoms with Crippen molar-refractivity contribution in [1.29, 1.82) is 0 Å². The molecule has 3 fully saturated rings. The predicted molar refractivity (Wildman–Crippen MR) is 52.9 cm³/mol. The minimum atomic E-state index is 0.109. The van der Waals surface area contributed by atoms with Crippen LogP contribution in [0.5, 0.6) is 0 Å². The maximum Gasteiger partial charge on any atom is 0.157 e. The van der Waals surface area contributed by atoms with Gasteiger partial charge in [-0.15, -0.1) is 0 Å². The van der Waals surface area contributed by atoms with Crippen LogP contribution in [0.15, 0.2) is 0 Å². The van der Waals surface area contributed by atoms with Crippen molar-refractivity contribution in [1.82, 2.24) is 5.32 Å². The molecule has 3 aliphatic rings. The van der Waals surface area contributed by atoms with Crippen molar-refractivity contribution in [2.45, 2.75) is 25.6 Å². The summed E-state index contributed by atoms with van der Waals surface area (Å²) >= 11 is 0. The second kappa shape index (κ2) is 3.80. The Morgan fingerprint density at radius 3 is 2.79 bits per heavy atom. The van der Waals surface area contributed by atoms with Crippen LogP contribution >= 0.6 is 0 Å². The first-order chi connectivity index (χ1) is 6.95. The molecule has 0 aromatic carbocycles. The van der Waals surface area contributed by atoms with Crippen molar-refractivity contribution >= 4 is 0 Å². The molecule has 0 bridgehead atoms. The molecule has 1 saturated carbocycles. The molecule has 80 valence electrons. The third kappa shape index (κ3) is 1.69. The zero-order chi connectivity index (χ0) is 9.38. The quantitative estimate of drug-likeness (QED) is 0.732. The van der Waals surface area contributed by atoms with Gasteiger partial charge in [0, 0.05) is 6.61 Å². The Morgan fingerprint density at radius 2 is 2.07 bits per heavy atom. The molecule has 3 rings (SSSR count). The lowest BCUT2D eigenvalue weighted by molar-refractivity contribution is -0.165. The van der Waals surface area contributed by atoms with Gasteiger partial charge < -0.3 is 14.8 Å². The van der Waals surface area contributed by atoms with Gasteiger partial charge in [-0.2, -0.15) is 0 Å². The Bertz CT molecular complexity index is 191. The van der Waals surface area contributed by atoms with E-state index in [1.54, 1.807) is 0 Å². The van der Waals surface area contributed by atoms with E-state index in [-0.39, 0.29) is 6.29 Å². The molecule has 0 radical (unpaired) electrons. The fourth-order valence-electron chi connectivity index (χ4n) is 2.85. The Labute approximate surface area is 85.1 Å². The normalized spacial score (nSPS) is 46.3. The Hall–Kier alpha value is -0.120. The first-order valence-corrected chi connectivity index (χ1v) is 5.89. The van der Waals surface area contributed by atoms with Crippen LogP contribution in [-0.4, -0.2) is 32.6 Å². The summed E-state index contributed by atoms with van der Waals surface area (Å²) in [5.41, 5.74) is 0. The van der Waals surface area contributed by atoms with Crippen molar-refractivity contribution in [2.24, 2.45) is 17.8 Å². The summed E-state index contributed by atoms with van der Waals surface area (Å²) in [5.74, 6) is 2.67. The molecular weight excluding hydrogens is 178 g/mol. The van der Waals surface area contributed by atoms with Crippen LogP contribution < -0.4 is 5.32 Å². The third-order valence-electron chi connectivity index (χ3n) is 3.88. The summed E-state index contributed by atoms with van der Waals surface area (Å²) in [4.78, 5) is 0. The van der Waals surface area contributed by atoms with E-state index in [9.17, 15) is 0 Å². The molecule has 3 heteroatoms. The van der Waals surface area contributed by atoms with Crippen LogP contribution in [0.3, 0.4) is 0 Å². The Kier molecular flexibility index (Phi) is 2.48. The summed E-state index contributed by atoms with van der Waals surface area (Å²) in [5, 5.41) is 3.40. The maximum atomic E-state index is 5.79. The van der Waals surface area contributed by atoms with Gasteiger partial charge in [-0.05, 0) is 50.1 Å². The molecule has 1 N–H and O–H groups in total. The molecule has 3 atom stereocenters. The first-order valence-electron chi connectivity index (χ1n) is 5.89. The highest BCUT2D eigenvalue weighted by Crippen LogP contribution is 2.48. The van der Waals surface area contributed by atoms with Crippen LogP contribution in [0.25, 0.3) is 0 Å². The highest BCUT2D eigenvalue weighted by atomic mass is 16.7. The summed E-state index contributed by atoms with van der Waals surface area (Å²) in [6.45, 7) is 4.25. The van der Waals surface area contributed by atoms with Crippen LogP contribution in [0, 0.1) is 17.8 Å². The minimum Gasteiger partial charge on any atom is -0.353 e. The number of fused-ring (bicyclic) bond motifs is 1. The Morgan fingerprint density at radius 1 is 1.21 bits per heavy atom. The van der Waals surface area contributed by atoms with E-state index in [0.29, 0.717) is 0 Å². The van der Waals surface area contributed by atoms with Gasteiger partial charge in [0.05, 0.1) is 6.61 Å². The predicted octanol–water partition coefficient (Wildman–Crippen LogP) is 0.995. The van der Waals surface area contributed by atoms with Crippen molar-refractivity contribution < 1.29 is 9.47 Å². The van der Waals surface area contributed by atoms with Gasteiger partial charge in [-0.3, -0.25) is 0 Å². The monoisotopic (exact) mass is 197 g/mol. The molecule has 0 aromatic rings. The van der Waals surface area contributed by atoms with Gasteiger partial charge >= 0.3 is 0 Å². The van der Waals surface area contributed by atoms with Gasteiger partial charge in [0.15, 0.2) is 6.29 Å². The standard InChI is InChI=1S/C11H19NO2/c1-2-4-13-11(3-1)14-7-10-8-5-12-6-9(8)10/h8-12H,1-7H2. The summed E-state index contributed by atoms with van der Waals surface area (Å²) in [6, 6.07) is 0. The van der Waals surface area contributed by atoms with Crippen LogP contribution in [0.1, 0.15) is 19.3 Å². The molecule has 0 amide bonds. The smallest absolute Gasteiger partial charge is 0.157 e. The van der Waals surface area contributed by atoms with Crippen LogP contribution in [0.4, 0.5) is 0 Å². The molecule has 0 aromatic heterocycles. The lowest BCUT2D eigenvalue weighted by atomic mass is 10.2. The van der Waals surface area contributed by atoms with E-state index in [2.05, 4.69) is 5.32 Å². The largest absolute Gasteiger partial charge is 0.353 e. The van der Waals surface area contributed by atoms with E-state index in [1.165, 1.54) is 25.9 Å². The van der Waals surface area contributed by atoms with Gasteiger partial charge in [-0.25, -0.2) is 0 Å². The molecule has 3 nitrogen and oxygen atoms in total. The van der Waals surface area contributed by atoms with Crippen LogP contribution in [0.2, 0.25) is 0 Å². The zero-order valence-corrected chi connectivity index (χ0v) is 8.58. The molecule has 2 aliphatic heterocycles. The zero-order valence-electron chi connectivity index (χ0n) is 8.58. The fraction of sp³-hybridized carbons (Fsp3) is 1.00. The number of ether oxygens (including phenoxy) is 2. The lowest BCUT2D eigenvalue weighted by Crippen LogP contribution is -2.25. The van der Waals surface area contributed by atoms with Crippen molar-refractivity contribution in [3.8, 4) is 0 Å². The van der Waals surface area contributed by atoms with Crippen molar-refractivity contribution in [3.63, 3.8) is 0 Å². The number of rotatable bonds is 3. The highest BCUT2D eigenvalue weighted by Gasteiger charge is 2.52. The summed E-state index contributed by atoms with van der Waals surface area (Å²) in [7, 11) is 0. The Balaban J connectivity index is 1.38. The summed E-state index contributed by atoms with van der Waals surface area (Å²) in [6.07, 6.45) is 3.68. The second-order valence-electron chi connectivity index (χ2n) is 4.78. The van der Waals surface area contributed by atoms with E-state index in [1.807, 2.05) is 0 Å². The molecule has 1 aliphatic carbocycles. The average molecular weight is 197 g/mol. The van der Waals surface area contributed by atoms with E-state index in [0.717, 1.165) is 37.4 Å². The minimum absolute atomic E-state index is 0.109. The second-order valence-corrected chi connectivity index (χ2v) is 4.78.